The summed E-state index contributed by atoms with van der Waals surface area (Å²) in [6.45, 7) is 8.34. The number of carbonyl (C=O) groups is 2. The highest BCUT2D eigenvalue weighted by atomic mass is 16.2. The first kappa shape index (κ1) is 21.7. The SMILES string of the molecule is CCCCn1c(N)c(N(CC)C(=O)CN2CCN(C(C)=O)CC2)c(=O)[nH]c1=O. The molecule has 1 aromatic heterocycles. The average molecular weight is 394 g/mol. The van der Waals surface area contributed by atoms with E-state index >= 15 is 0 Å². The second-order valence-electron chi connectivity index (χ2n) is 6.92. The summed E-state index contributed by atoms with van der Waals surface area (Å²) in [5, 5.41) is 0. The minimum absolute atomic E-state index is 0.0128. The third kappa shape index (κ3) is 4.80. The fourth-order valence-electron chi connectivity index (χ4n) is 3.33. The van der Waals surface area contributed by atoms with Gasteiger partial charge in [0.25, 0.3) is 5.56 Å². The monoisotopic (exact) mass is 394 g/mol. The van der Waals surface area contributed by atoms with E-state index in [1.807, 2.05) is 11.8 Å². The Labute approximate surface area is 163 Å². The molecule has 0 bridgehead atoms. The van der Waals surface area contributed by atoms with Crippen LogP contribution in [0, 0.1) is 0 Å². The van der Waals surface area contributed by atoms with Gasteiger partial charge in [-0.2, -0.15) is 0 Å². The normalized spacial score (nSPS) is 14.9. The molecule has 0 atom stereocenters. The maximum Gasteiger partial charge on any atom is 0.330 e. The Hall–Kier alpha value is -2.62. The number of hydrogen-bond acceptors (Lipinski definition) is 6. The zero-order chi connectivity index (χ0) is 20.8. The second-order valence-corrected chi connectivity index (χ2v) is 6.92. The predicted octanol–water partition coefficient (Wildman–Crippen LogP) is -0.564. The maximum atomic E-state index is 12.9. The van der Waals surface area contributed by atoms with Gasteiger partial charge >= 0.3 is 5.69 Å². The number of nitrogens with one attached hydrogen (secondary N) is 1. The number of carbonyl (C=O) groups excluding carboxylic acids is 2. The minimum atomic E-state index is -0.660. The Morgan fingerprint density at radius 1 is 1.14 bits per heavy atom. The number of aromatic nitrogens is 2. The van der Waals surface area contributed by atoms with E-state index in [0.29, 0.717) is 32.7 Å². The number of unbranched alkanes of at least 4 members (excludes halogenated alkanes) is 1. The van der Waals surface area contributed by atoms with Crippen molar-refractivity contribution < 1.29 is 9.59 Å². The number of anilines is 2. The van der Waals surface area contributed by atoms with Gasteiger partial charge in [0, 0.05) is 46.2 Å². The first-order chi connectivity index (χ1) is 13.3. The molecule has 0 radical (unpaired) electrons. The Balaban J connectivity index is 2.20. The van der Waals surface area contributed by atoms with Crippen LogP contribution in [-0.4, -0.2) is 70.4 Å². The van der Waals surface area contributed by atoms with Crippen LogP contribution in [0.1, 0.15) is 33.6 Å². The molecule has 0 aromatic carbocycles. The van der Waals surface area contributed by atoms with E-state index in [1.54, 1.807) is 11.8 Å². The maximum absolute atomic E-state index is 12.9. The van der Waals surface area contributed by atoms with Gasteiger partial charge in [0.2, 0.25) is 11.8 Å². The topological polar surface area (TPSA) is 125 Å². The zero-order valence-corrected chi connectivity index (χ0v) is 16.9. The molecule has 156 valence electrons. The van der Waals surface area contributed by atoms with Crippen molar-refractivity contribution in [3.05, 3.63) is 20.8 Å². The van der Waals surface area contributed by atoms with Crippen molar-refractivity contribution in [1.82, 2.24) is 19.4 Å². The number of amides is 2. The Morgan fingerprint density at radius 2 is 1.79 bits per heavy atom. The molecule has 0 spiro atoms. The van der Waals surface area contributed by atoms with Gasteiger partial charge < -0.3 is 15.5 Å². The van der Waals surface area contributed by atoms with Gasteiger partial charge in [0.1, 0.15) is 5.82 Å². The van der Waals surface area contributed by atoms with Crippen molar-refractivity contribution in [3.8, 4) is 0 Å². The Kier molecular flexibility index (Phi) is 7.38. The van der Waals surface area contributed by atoms with Crippen molar-refractivity contribution in [1.29, 1.82) is 0 Å². The smallest absolute Gasteiger partial charge is 0.330 e. The summed E-state index contributed by atoms with van der Waals surface area (Å²) in [5.74, 6) is -0.231. The van der Waals surface area contributed by atoms with Gasteiger partial charge in [-0.15, -0.1) is 0 Å². The summed E-state index contributed by atoms with van der Waals surface area (Å²) in [6.07, 6.45) is 1.60. The lowest BCUT2D eigenvalue weighted by molar-refractivity contribution is -0.130. The van der Waals surface area contributed by atoms with Crippen LogP contribution in [0.15, 0.2) is 9.59 Å². The fourth-order valence-corrected chi connectivity index (χ4v) is 3.33. The van der Waals surface area contributed by atoms with E-state index < -0.39 is 11.2 Å². The lowest BCUT2D eigenvalue weighted by atomic mass is 10.2. The van der Waals surface area contributed by atoms with E-state index in [-0.39, 0.29) is 36.4 Å². The van der Waals surface area contributed by atoms with Crippen molar-refractivity contribution in [2.24, 2.45) is 0 Å². The summed E-state index contributed by atoms with van der Waals surface area (Å²) in [5.41, 5.74) is 4.91. The average Bonchev–Trinajstić information content (AvgIpc) is 2.65. The van der Waals surface area contributed by atoms with Gasteiger partial charge in [0.15, 0.2) is 5.69 Å². The molecule has 1 saturated heterocycles. The fraction of sp³-hybridized carbons (Fsp3) is 0.667. The van der Waals surface area contributed by atoms with Crippen LogP contribution in [0.3, 0.4) is 0 Å². The van der Waals surface area contributed by atoms with Crippen LogP contribution >= 0.6 is 0 Å². The zero-order valence-electron chi connectivity index (χ0n) is 16.9. The summed E-state index contributed by atoms with van der Waals surface area (Å²) in [4.78, 5) is 56.1. The summed E-state index contributed by atoms with van der Waals surface area (Å²) in [7, 11) is 0. The van der Waals surface area contributed by atoms with Crippen molar-refractivity contribution in [2.45, 2.75) is 40.2 Å². The van der Waals surface area contributed by atoms with Crippen LogP contribution in [0.25, 0.3) is 0 Å². The molecule has 1 aliphatic rings. The quantitative estimate of drug-likeness (QED) is 0.638. The molecule has 2 amide bonds. The molecular weight excluding hydrogens is 364 g/mol. The van der Waals surface area contributed by atoms with Crippen molar-refractivity contribution >= 4 is 23.3 Å². The number of H-pyrrole nitrogens is 1. The minimum Gasteiger partial charge on any atom is -0.383 e. The molecule has 0 unspecified atom stereocenters. The number of nitrogens with two attached hydrogens (primary N) is 1. The molecule has 0 aliphatic carbocycles. The van der Waals surface area contributed by atoms with Crippen LogP contribution in [0.2, 0.25) is 0 Å². The molecule has 2 heterocycles. The predicted molar refractivity (Wildman–Crippen MR) is 107 cm³/mol. The van der Waals surface area contributed by atoms with Gasteiger partial charge in [-0.3, -0.25) is 28.8 Å². The molecule has 2 rings (SSSR count). The first-order valence-electron chi connectivity index (χ1n) is 9.70. The van der Waals surface area contributed by atoms with Crippen molar-refractivity contribution in [2.75, 3.05) is 49.9 Å². The molecule has 1 aromatic rings. The van der Waals surface area contributed by atoms with Gasteiger partial charge in [0.05, 0.1) is 6.54 Å². The van der Waals surface area contributed by atoms with Crippen molar-refractivity contribution in [3.63, 3.8) is 0 Å². The molecule has 10 nitrogen and oxygen atoms in total. The van der Waals surface area contributed by atoms with E-state index in [4.69, 9.17) is 5.73 Å². The lowest BCUT2D eigenvalue weighted by Crippen LogP contribution is -2.52. The summed E-state index contributed by atoms with van der Waals surface area (Å²) in [6, 6.07) is 0. The second kappa shape index (κ2) is 9.54. The van der Waals surface area contributed by atoms with E-state index in [9.17, 15) is 19.2 Å². The first-order valence-corrected chi connectivity index (χ1v) is 9.70. The number of nitrogens with zero attached hydrogens (tertiary/aromatic N) is 4. The molecule has 28 heavy (non-hydrogen) atoms. The molecule has 10 heteroatoms. The van der Waals surface area contributed by atoms with Crippen LogP contribution in [0.5, 0.6) is 0 Å². The molecule has 0 saturated carbocycles. The standard InChI is InChI=1S/C18H30N6O4/c1-4-6-7-24-16(19)15(17(27)20-18(24)28)23(5-2)14(26)12-21-8-10-22(11-9-21)13(3)25/h4-12,19H2,1-3H3,(H,20,27,28). The molecule has 1 aliphatic heterocycles. The van der Waals surface area contributed by atoms with Gasteiger partial charge in [-0.25, -0.2) is 4.79 Å². The van der Waals surface area contributed by atoms with E-state index in [0.717, 1.165) is 12.8 Å². The molecular formula is C18H30N6O4. The van der Waals surface area contributed by atoms with Crippen LogP contribution in [0.4, 0.5) is 11.5 Å². The highest BCUT2D eigenvalue weighted by Crippen LogP contribution is 2.17. The largest absolute Gasteiger partial charge is 0.383 e. The third-order valence-corrected chi connectivity index (χ3v) is 5.01. The lowest BCUT2D eigenvalue weighted by Gasteiger charge is -2.34. The molecule has 3 N–H and O–H groups in total. The Morgan fingerprint density at radius 3 is 2.32 bits per heavy atom. The number of likely N-dealkylation sites (N-methyl/N-ethyl adjacent to an activating group) is 1. The van der Waals surface area contributed by atoms with E-state index in [1.165, 1.54) is 16.4 Å². The molecule has 1 fully saturated rings. The number of rotatable bonds is 7. The van der Waals surface area contributed by atoms with Crippen LogP contribution < -0.4 is 21.9 Å². The summed E-state index contributed by atoms with van der Waals surface area (Å²) < 4.78 is 1.31. The summed E-state index contributed by atoms with van der Waals surface area (Å²) >= 11 is 0. The number of nitrogen functional groups attached to an aromatic ring is 1. The van der Waals surface area contributed by atoms with Gasteiger partial charge in [-0.1, -0.05) is 13.3 Å². The highest BCUT2D eigenvalue weighted by Gasteiger charge is 2.26. The Bertz CT molecular complexity index is 822. The van der Waals surface area contributed by atoms with Gasteiger partial charge in [-0.05, 0) is 13.3 Å². The van der Waals surface area contributed by atoms with Crippen LogP contribution in [-0.2, 0) is 16.1 Å². The number of piperazine rings is 1. The van der Waals surface area contributed by atoms with E-state index in [2.05, 4.69) is 4.98 Å². The third-order valence-electron chi connectivity index (χ3n) is 5.01. The number of aromatic amines is 1. The number of hydrogen-bond donors (Lipinski definition) is 2. The highest BCUT2D eigenvalue weighted by molar-refractivity contribution is 5.96.